The van der Waals surface area contributed by atoms with Gasteiger partial charge in [-0.2, -0.15) is 0 Å². The molecule has 0 saturated carbocycles. The summed E-state index contributed by atoms with van der Waals surface area (Å²) in [5, 5.41) is 2.46. The average Bonchev–Trinajstić information content (AvgIpc) is 2.77. The van der Waals surface area contributed by atoms with Gasteiger partial charge in [-0.1, -0.05) is 18.5 Å². The number of halogens is 1. The third-order valence-corrected chi connectivity index (χ3v) is 4.68. The third kappa shape index (κ3) is 2.97. The van der Waals surface area contributed by atoms with E-state index in [9.17, 15) is 4.79 Å². The molecule has 0 aliphatic heterocycles. The number of nitrogens with zero attached hydrogens (tertiary/aromatic N) is 1. The molecule has 1 amide bonds. The molecular weight excluding hydrogens is 292 g/mol. The van der Waals surface area contributed by atoms with Gasteiger partial charge in [0.15, 0.2) is 0 Å². The Morgan fingerprint density at radius 3 is 2.50 bits per heavy atom. The SMILES string of the molecule is CCCN(C(=O)c1scc(C)c1Cl)c1ccc(N)cc1. The van der Waals surface area contributed by atoms with Crippen molar-refractivity contribution in [2.45, 2.75) is 20.3 Å². The average molecular weight is 309 g/mol. The van der Waals surface area contributed by atoms with Crippen LogP contribution in [0.4, 0.5) is 11.4 Å². The van der Waals surface area contributed by atoms with Gasteiger partial charge in [0.25, 0.3) is 5.91 Å². The molecule has 0 atom stereocenters. The Hall–Kier alpha value is -1.52. The Balaban J connectivity index is 2.35. The number of nitrogens with two attached hydrogens (primary N) is 1. The number of benzene rings is 1. The zero-order valence-electron chi connectivity index (χ0n) is 11.5. The van der Waals surface area contributed by atoms with Gasteiger partial charge in [0.05, 0.1) is 5.02 Å². The number of amides is 1. The number of thiophene rings is 1. The monoisotopic (exact) mass is 308 g/mol. The highest BCUT2D eigenvalue weighted by Gasteiger charge is 2.21. The molecule has 106 valence electrons. The van der Waals surface area contributed by atoms with Crippen LogP contribution < -0.4 is 10.6 Å². The zero-order chi connectivity index (χ0) is 14.7. The fourth-order valence-electron chi connectivity index (χ4n) is 1.92. The predicted octanol–water partition coefficient (Wildman–Crippen LogP) is 4.35. The van der Waals surface area contributed by atoms with Crippen molar-refractivity contribution in [3.63, 3.8) is 0 Å². The molecule has 0 unspecified atom stereocenters. The number of carbonyl (C=O) groups is 1. The molecule has 0 saturated heterocycles. The van der Waals surface area contributed by atoms with Crippen molar-refractivity contribution in [3.05, 3.63) is 45.1 Å². The van der Waals surface area contributed by atoms with E-state index in [4.69, 9.17) is 17.3 Å². The number of hydrogen-bond acceptors (Lipinski definition) is 3. The lowest BCUT2D eigenvalue weighted by molar-refractivity contribution is 0.0991. The quantitative estimate of drug-likeness (QED) is 0.854. The van der Waals surface area contributed by atoms with Crippen molar-refractivity contribution in [1.82, 2.24) is 0 Å². The van der Waals surface area contributed by atoms with E-state index >= 15 is 0 Å². The van der Waals surface area contributed by atoms with E-state index in [1.165, 1.54) is 11.3 Å². The van der Waals surface area contributed by atoms with Crippen LogP contribution in [0.15, 0.2) is 29.6 Å². The topological polar surface area (TPSA) is 46.3 Å². The van der Waals surface area contributed by atoms with Crippen molar-refractivity contribution in [3.8, 4) is 0 Å². The predicted molar refractivity (Wildman–Crippen MR) is 86.9 cm³/mol. The van der Waals surface area contributed by atoms with Gasteiger partial charge in [-0.15, -0.1) is 11.3 Å². The Morgan fingerprint density at radius 1 is 1.35 bits per heavy atom. The van der Waals surface area contributed by atoms with Crippen molar-refractivity contribution < 1.29 is 4.79 Å². The molecule has 1 aromatic heterocycles. The Kier molecular flexibility index (Phi) is 4.68. The summed E-state index contributed by atoms with van der Waals surface area (Å²) in [6.07, 6.45) is 0.873. The fourth-order valence-corrected chi connectivity index (χ4v) is 3.14. The van der Waals surface area contributed by atoms with Crippen molar-refractivity contribution in [1.29, 1.82) is 0 Å². The fraction of sp³-hybridized carbons (Fsp3) is 0.267. The summed E-state index contributed by atoms with van der Waals surface area (Å²) >= 11 is 7.59. The van der Waals surface area contributed by atoms with Gasteiger partial charge in [0.1, 0.15) is 4.88 Å². The minimum atomic E-state index is -0.0558. The van der Waals surface area contributed by atoms with E-state index in [2.05, 4.69) is 0 Å². The highest BCUT2D eigenvalue weighted by atomic mass is 35.5. The molecule has 0 spiro atoms. The van der Waals surface area contributed by atoms with E-state index in [1.807, 2.05) is 31.4 Å². The standard InChI is InChI=1S/C15H17ClN2OS/c1-3-8-18(12-6-4-11(17)5-7-12)15(19)14-13(16)10(2)9-20-14/h4-7,9H,3,8,17H2,1-2H3. The first-order valence-corrected chi connectivity index (χ1v) is 7.71. The van der Waals surface area contributed by atoms with Crippen LogP contribution in [0, 0.1) is 6.92 Å². The second-order valence-electron chi connectivity index (χ2n) is 4.61. The first-order chi connectivity index (χ1) is 9.54. The molecule has 2 rings (SSSR count). The second-order valence-corrected chi connectivity index (χ2v) is 5.87. The van der Waals surface area contributed by atoms with Crippen molar-refractivity contribution in [2.24, 2.45) is 0 Å². The molecule has 0 fully saturated rings. The van der Waals surface area contributed by atoms with E-state index < -0.39 is 0 Å². The van der Waals surface area contributed by atoms with Gasteiger partial charge >= 0.3 is 0 Å². The lowest BCUT2D eigenvalue weighted by atomic mass is 10.2. The van der Waals surface area contributed by atoms with Crippen LogP contribution in [0.3, 0.4) is 0 Å². The first-order valence-electron chi connectivity index (χ1n) is 6.45. The molecule has 5 heteroatoms. The van der Waals surface area contributed by atoms with Crippen LogP contribution in [0.2, 0.25) is 5.02 Å². The number of carbonyl (C=O) groups excluding carboxylic acids is 1. The summed E-state index contributed by atoms with van der Waals surface area (Å²) in [4.78, 5) is 15.0. The van der Waals surface area contributed by atoms with Crippen molar-refractivity contribution >= 4 is 40.2 Å². The summed E-state index contributed by atoms with van der Waals surface area (Å²) in [5.41, 5.74) is 8.16. The normalized spacial score (nSPS) is 10.6. The highest BCUT2D eigenvalue weighted by molar-refractivity contribution is 7.13. The van der Waals surface area contributed by atoms with Crippen LogP contribution in [-0.2, 0) is 0 Å². The summed E-state index contributed by atoms with van der Waals surface area (Å²) in [6.45, 7) is 4.60. The van der Waals surface area contributed by atoms with Crippen LogP contribution >= 0.6 is 22.9 Å². The lowest BCUT2D eigenvalue weighted by Crippen LogP contribution is -2.31. The summed E-state index contributed by atoms with van der Waals surface area (Å²) in [6, 6.07) is 7.31. The molecular formula is C15H17ClN2OS. The van der Waals surface area contributed by atoms with Gasteiger partial charge < -0.3 is 10.6 Å². The summed E-state index contributed by atoms with van der Waals surface area (Å²) in [5.74, 6) is -0.0558. The molecule has 0 aliphatic rings. The molecule has 1 aromatic carbocycles. The summed E-state index contributed by atoms with van der Waals surface area (Å²) < 4.78 is 0. The minimum absolute atomic E-state index is 0.0558. The maximum absolute atomic E-state index is 12.7. The van der Waals surface area contributed by atoms with Gasteiger partial charge in [-0.3, -0.25) is 4.79 Å². The third-order valence-electron chi connectivity index (χ3n) is 2.99. The van der Waals surface area contributed by atoms with E-state index in [-0.39, 0.29) is 5.91 Å². The van der Waals surface area contributed by atoms with Crippen molar-refractivity contribution in [2.75, 3.05) is 17.2 Å². The van der Waals surface area contributed by atoms with E-state index in [0.717, 1.165) is 17.7 Å². The zero-order valence-corrected chi connectivity index (χ0v) is 13.1. The van der Waals surface area contributed by atoms with Gasteiger partial charge in [-0.05, 0) is 48.6 Å². The Labute approximate surface area is 128 Å². The second kappa shape index (κ2) is 6.29. The molecule has 1 heterocycles. The molecule has 0 aliphatic carbocycles. The van der Waals surface area contributed by atoms with E-state index in [1.54, 1.807) is 17.0 Å². The van der Waals surface area contributed by atoms with Gasteiger partial charge in [0.2, 0.25) is 0 Å². The molecule has 2 N–H and O–H groups in total. The molecule has 0 bridgehead atoms. The first kappa shape index (κ1) is 14.9. The number of anilines is 2. The lowest BCUT2D eigenvalue weighted by Gasteiger charge is -2.22. The van der Waals surface area contributed by atoms with E-state index in [0.29, 0.717) is 22.1 Å². The molecule has 20 heavy (non-hydrogen) atoms. The number of hydrogen-bond donors (Lipinski definition) is 1. The highest BCUT2D eigenvalue weighted by Crippen LogP contribution is 2.30. The van der Waals surface area contributed by atoms with Crippen LogP contribution in [0.5, 0.6) is 0 Å². The number of aryl methyl sites for hydroxylation is 1. The largest absolute Gasteiger partial charge is 0.399 e. The van der Waals surface area contributed by atoms with Gasteiger partial charge in [-0.25, -0.2) is 0 Å². The molecule has 3 nitrogen and oxygen atoms in total. The molecule has 0 radical (unpaired) electrons. The van der Waals surface area contributed by atoms with Crippen LogP contribution in [-0.4, -0.2) is 12.5 Å². The molecule has 2 aromatic rings. The number of nitrogen functional groups attached to an aromatic ring is 1. The van der Waals surface area contributed by atoms with Crippen LogP contribution in [0.25, 0.3) is 0 Å². The van der Waals surface area contributed by atoms with Crippen LogP contribution in [0.1, 0.15) is 28.6 Å². The Morgan fingerprint density at radius 2 is 2.00 bits per heavy atom. The minimum Gasteiger partial charge on any atom is -0.399 e. The Bertz CT molecular complexity index is 607. The number of rotatable bonds is 4. The summed E-state index contributed by atoms with van der Waals surface area (Å²) in [7, 11) is 0. The smallest absolute Gasteiger partial charge is 0.269 e. The maximum Gasteiger partial charge on any atom is 0.269 e. The maximum atomic E-state index is 12.7. The van der Waals surface area contributed by atoms with Gasteiger partial charge in [0, 0.05) is 17.9 Å².